The van der Waals surface area contributed by atoms with Crippen LogP contribution in [0.4, 0.5) is 0 Å². The van der Waals surface area contributed by atoms with Crippen LogP contribution < -0.4 is 27.0 Å². The third kappa shape index (κ3) is 10.0. The van der Waals surface area contributed by atoms with Gasteiger partial charge in [0, 0.05) is 13.0 Å². The number of carboxylic acids is 1. The molecule has 5 amide bonds. The van der Waals surface area contributed by atoms with Crippen LogP contribution in [0.25, 0.3) is 0 Å². The van der Waals surface area contributed by atoms with Crippen molar-refractivity contribution in [2.24, 2.45) is 17.6 Å². The Morgan fingerprint density at radius 1 is 0.909 bits per heavy atom. The minimum atomic E-state index is -1.49. The van der Waals surface area contributed by atoms with Crippen LogP contribution in [-0.4, -0.2) is 101 Å². The Kier molecular flexibility index (Phi) is 14.2. The van der Waals surface area contributed by atoms with Crippen molar-refractivity contribution in [3.05, 3.63) is 35.9 Å². The zero-order valence-electron chi connectivity index (χ0n) is 25.7. The molecule has 0 aliphatic carbocycles. The highest BCUT2D eigenvalue weighted by Gasteiger charge is 2.37. The van der Waals surface area contributed by atoms with E-state index >= 15 is 0 Å². The summed E-state index contributed by atoms with van der Waals surface area (Å²) >= 11 is 0. The van der Waals surface area contributed by atoms with Gasteiger partial charge in [-0.2, -0.15) is 0 Å². The Labute approximate surface area is 257 Å². The Bertz CT molecular complexity index is 1160. The molecule has 1 aliphatic rings. The van der Waals surface area contributed by atoms with E-state index in [4.69, 9.17) is 5.73 Å². The SMILES string of the molecule is CC[C@H](C)[C@H](NC(=O)[C@@H]1CCCN1C(=O)CN)C(=O)N[C@@H](CO)C(=O)N[C@@H](Cc1ccccc1)C(=O)N[C@H](C(=O)O)C(C)C. The highest BCUT2D eigenvalue weighted by Crippen LogP contribution is 2.19. The van der Waals surface area contributed by atoms with E-state index < -0.39 is 72.3 Å². The first-order chi connectivity index (χ1) is 20.8. The van der Waals surface area contributed by atoms with E-state index in [0.717, 1.165) is 0 Å². The van der Waals surface area contributed by atoms with Crippen LogP contribution in [0.5, 0.6) is 0 Å². The minimum Gasteiger partial charge on any atom is -0.480 e. The van der Waals surface area contributed by atoms with E-state index in [1.807, 2.05) is 6.92 Å². The van der Waals surface area contributed by atoms with E-state index in [9.17, 15) is 39.0 Å². The molecule has 0 bridgehead atoms. The fourth-order valence-corrected chi connectivity index (χ4v) is 4.96. The number of hydrogen-bond acceptors (Lipinski definition) is 8. The molecule has 0 saturated carbocycles. The fraction of sp³-hybridized carbons (Fsp3) is 0.600. The Morgan fingerprint density at radius 3 is 2.07 bits per heavy atom. The Hall–Kier alpha value is -4.04. The van der Waals surface area contributed by atoms with E-state index in [0.29, 0.717) is 31.4 Å². The van der Waals surface area contributed by atoms with Gasteiger partial charge in [-0.1, -0.05) is 64.4 Å². The maximum absolute atomic E-state index is 13.4. The van der Waals surface area contributed by atoms with Gasteiger partial charge in [0.2, 0.25) is 29.5 Å². The van der Waals surface area contributed by atoms with Crippen LogP contribution in [0, 0.1) is 11.8 Å². The zero-order chi connectivity index (χ0) is 33.0. The largest absolute Gasteiger partial charge is 0.480 e. The minimum absolute atomic E-state index is 0.0138. The summed E-state index contributed by atoms with van der Waals surface area (Å²) in [6.07, 6.45) is 1.53. The highest BCUT2D eigenvalue weighted by atomic mass is 16.4. The number of likely N-dealkylation sites (tertiary alicyclic amines) is 1. The summed E-state index contributed by atoms with van der Waals surface area (Å²) in [7, 11) is 0. The Morgan fingerprint density at radius 2 is 1.52 bits per heavy atom. The third-order valence-electron chi connectivity index (χ3n) is 7.81. The number of nitrogens with one attached hydrogen (secondary N) is 4. The van der Waals surface area contributed by atoms with Crippen molar-refractivity contribution >= 4 is 35.5 Å². The molecule has 14 nitrogen and oxygen atoms in total. The first-order valence-corrected chi connectivity index (χ1v) is 14.9. The smallest absolute Gasteiger partial charge is 0.326 e. The van der Waals surface area contributed by atoms with Crippen molar-refractivity contribution in [3.63, 3.8) is 0 Å². The summed E-state index contributed by atoms with van der Waals surface area (Å²) in [5.74, 6) is -5.29. The van der Waals surface area contributed by atoms with Gasteiger partial charge >= 0.3 is 5.97 Å². The molecule has 1 aromatic rings. The second-order valence-electron chi connectivity index (χ2n) is 11.4. The van der Waals surface area contributed by atoms with Crippen LogP contribution in [0.2, 0.25) is 0 Å². The number of carboxylic acid groups (broad SMARTS) is 1. The summed E-state index contributed by atoms with van der Waals surface area (Å²) in [6.45, 7) is 6.14. The van der Waals surface area contributed by atoms with E-state index in [2.05, 4.69) is 21.3 Å². The molecular weight excluding hydrogens is 572 g/mol. The summed E-state index contributed by atoms with van der Waals surface area (Å²) < 4.78 is 0. The zero-order valence-corrected chi connectivity index (χ0v) is 25.7. The molecule has 1 aliphatic heterocycles. The first-order valence-electron chi connectivity index (χ1n) is 14.9. The second-order valence-corrected chi connectivity index (χ2v) is 11.4. The maximum atomic E-state index is 13.4. The molecule has 1 heterocycles. The number of nitrogens with two attached hydrogens (primary N) is 1. The van der Waals surface area contributed by atoms with Gasteiger partial charge in [-0.25, -0.2) is 4.79 Å². The van der Waals surface area contributed by atoms with Crippen LogP contribution in [-0.2, 0) is 35.2 Å². The van der Waals surface area contributed by atoms with Crippen LogP contribution >= 0.6 is 0 Å². The third-order valence-corrected chi connectivity index (χ3v) is 7.81. The van der Waals surface area contributed by atoms with Gasteiger partial charge in [-0.15, -0.1) is 0 Å². The molecule has 0 spiro atoms. The predicted octanol–water partition coefficient (Wildman–Crippen LogP) is -1.10. The quantitative estimate of drug-likeness (QED) is 0.119. The lowest BCUT2D eigenvalue weighted by atomic mass is 9.97. The number of carbonyl (C=O) groups excluding carboxylic acids is 5. The fourth-order valence-electron chi connectivity index (χ4n) is 4.96. The molecule has 0 radical (unpaired) electrons. The van der Waals surface area contributed by atoms with Crippen LogP contribution in [0.1, 0.15) is 52.5 Å². The predicted molar refractivity (Wildman–Crippen MR) is 161 cm³/mol. The molecule has 1 saturated heterocycles. The normalized spacial score (nSPS) is 18.0. The summed E-state index contributed by atoms with van der Waals surface area (Å²) in [5, 5.41) is 29.7. The molecule has 6 atom stereocenters. The van der Waals surface area contributed by atoms with Crippen molar-refractivity contribution in [2.75, 3.05) is 19.7 Å². The van der Waals surface area contributed by atoms with Crippen molar-refractivity contribution < 1.29 is 39.0 Å². The number of aliphatic hydroxyl groups excluding tert-OH is 1. The molecule has 14 heteroatoms. The number of hydrogen-bond donors (Lipinski definition) is 7. The van der Waals surface area contributed by atoms with Gasteiger partial charge in [-0.3, -0.25) is 24.0 Å². The Balaban J connectivity index is 2.21. The molecular formula is C30H46N6O8. The lowest BCUT2D eigenvalue weighted by molar-refractivity contribution is -0.143. The average molecular weight is 619 g/mol. The van der Waals surface area contributed by atoms with Gasteiger partial charge in [0.05, 0.1) is 13.2 Å². The number of nitrogens with zero attached hydrogens (tertiary/aromatic N) is 1. The highest BCUT2D eigenvalue weighted by molar-refractivity contribution is 5.96. The van der Waals surface area contributed by atoms with E-state index in [1.54, 1.807) is 51.1 Å². The maximum Gasteiger partial charge on any atom is 0.326 e. The molecule has 1 aromatic carbocycles. The van der Waals surface area contributed by atoms with E-state index in [1.165, 1.54) is 4.90 Å². The standard InChI is InChI=1S/C30H46N6O8/c1-5-18(4)25(35-28(41)22-12-9-13-36(22)23(38)15-31)29(42)33-21(16-37)27(40)32-20(14-19-10-7-6-8-11-19)26(39)34-24(17(2)3)30(43)44/h6-8,10-11,17-18,20-22,24-25,37H,5,9,12-16,31H2,1-4H3,(H,32,40)(H,33,42)(H,34,39)(H,35,41)(H,43,44)/t18-,20-,21-,22-,24-,25-/m0/s1. The van der Waals surface area contributed by atoms with Gasteiger partial charge in [0.15, 0.2) is 0 Å². The number of amides is 5. The second kappa shape index (κ2) is 17.3. The lowest BCUT2D eigenvalue weighted by Crippen LogP contribution is -2.61. The van der Waals surface area contributed by atoms with Crippen LogP contribution in [0.3, 0.4) is 0 Å². The molecule has 244 valence electrons. The van der Waals surface area contributed by atoms with Crippen molar-refractivity contribution in [1.29, 1.82) is 0 Å². The molecule has 0 aromatic heterocycles. The average Bonchev–Trinajstić information content (AvgIpc) is 3.50. The summed E-state index contributed by atoms with van der Waals surface area (Å²) in [5.41, 5.74) is 6.16. The number of rotatable bonds is 16. The monoisotopic (exact) mass is 618 g/mol. The summed E-state index contributed by atoms with van der Waals surface area (Å²) in [4.78, 5) is 78.3. The number of carbonyl (C=O) groups is 6. The van der Waals surface area contributed by atoms with Gasteiger partial charge in [-0.05, 0) is 30.2 Å². The summed E-state index contributed by atoms with van der Waals surface area (Å²) in [6, 6.07) is 2.96. The van der Waals surface area contributed by atoms with Gasteiger partial charge < -0.3 is 42.1 Å². The topological polar surface area (TPSA) is 220 Å². The van der Waals surface area contributed by atoms with Crippen LogP contribution in [0.15, 0.2) is 30.3 Å². The molecule has 44 heavy (non-hydrogen) atoms. The number of aliphatic hydroxyl groups is 1. The van der Waals surface area contributed by atoms with Crippen molar-refractivity contribution in [2.45, 2.75) is 83.6 Å². The lowest BCUT2D eigenvalue weighted by Gasteiger charge is -2.29. The van der Waals surface area contributed by atoms with E-state index in [-0.39, 0.29) is 24.8 Å². The van der Waals surface area contributed by atoms with Crippen molar-refractivity contribution in [3.8, 4) is 0 Å². The van der Waals surface area contributed by atoms with Gasteiger partial charge in [0.25, 0.3) is 0 Å². The van der Waals surface area contributed by atoms with Gasteiger partial charge in [0.1, 0.15) is 30.2 Å². The first kappa shape index (κ1) is 36.2. The molecule has 2 rings (SSSR count). The molecule has 1 fully saturated rings. The molecule has 8 N–H and O–H groups in total. The number of benzene rings is 1. The van der Waals surface area contributed by atoms with Crippen molar-refractivity contribution in [1.82, 2.24) is 26.2 Å². The molecule has 0 unspecified atom stereocenters. The number of aliphatic carboxylic acids is 1.